The summed E-state index contributed by atoms with van der Waals surface area (Å²) < 4.78 is 15.7. The van der Waals surface area contributed by atoms with Gasteiger partial charge in [0.2, 0.25) is 5.91 Å². The van der Waals surface area contributed by atoms with Crippen LogP contribution in [0, 0.1) is 0 Å². The third kappa shape index (κ3) is 6.21. The summed E-state index contributed by atoms with van der Waals surface area (Å²) in [6.07, 6.45) is 1.83. The molecule has 3 aromatic rings. The number of rotatable bonds is 9. The number of carbonyl (C=O) groups excluding carboxylic acids is 2. The molecular formula is C29H33N3O5. The molecule has 0 radical (unpaired) electrons. The second-order valence-electron chi connectivity index (χ2n) is 8.66. The van der Waals surface area contributed by atoms with Crippen molar-refractivity contribution in [3.63, 3.8) is 0 Å². The van der Waals surface area contributed by atoms with Crippen LogP contribution in [0.3, 0.4) is 0 Å². The average Bonchev–Trinajstić information content (AvgIpc) is 3.07. The summed E-state index contributed by atoms with van der Waals surface area (Å²) in [6.45, 7) is 2.82. The minimum absolute atomic E-state index is 0.0730. The van der Waals surface area contributed by atoms with Gasteiger partial charge in [0.1, 0.15) is 0 Å². The molecule has 0 bridgehead atoms. The number of amides is 2. The molecule has 194 valence electrons. The molecule has 1 aliphatic rings. The Hall–Kier alpha value is -4.04. The van der Waals surface area contributed by atoms with Gasteiger partial charge in [0.05, 0.1) is 38.7 Å². The Morgan fingerprint density at radius 2 is 1.65 bits per heavy atom. The van der Waals surface area contributed by atoms with Crippen LogP contribution < -0.4 is 25.0 Å². The van der Waals surface area contributed by atoms with Crippen LogP contribution in [0.25, 0.3) is 0 Å². The molecule has 0 saturated heterocycles. The quantitative estimate of drug-likeness (QED) is 0.405. The molecule has 0 aliphatic carbocycles. The predicted molar refractivity (Wildman–Crippen MR) is 144 cm³/mol. The second-order valence-corrected chi connectivity index (χ2v) is 8.66. The monoisotopic (exact) mass is 503 g/mol. The van der Waals surface area contributed by atoms with Gasteiger partial charge in [0.15, 0.2) is 11.5 Å². The molecule has 3 aromatic carbocycles. The Kier molecular flexibility index (Phi) is 8.64. The minimum Gasteiger partial charge on any atom is -0.493 e. The highest BCUT2D eigenvalue weighted by Gasteiger charge is 2.26. The van der Waals surface area contributed by atoms with E-state index in [1.54, 1.807) is 26.0 Å². The number of benzene rings is 3. The highest BCUT2D eigenvalue weighted by atomic mass is 16.5. The van der Waals surface area contributed by atoms with Gasteiger partial charge in [-0.3, -0.25) is 15.0 Å². The van der Waals surface area contributed by atoms with Crippen molar-refractivity contribution in [3.8, 4) is 11.5 Å². The van der Waals surface area contributed by atoms with Crippen LogP contribution in [-0.4, -0.2) is 45.9 Å². The molecule has 0 saturated carbocycles. The topological polar surface area (TPSA) is 89.1 Å². The fourth-order valence-electron chi connectivity index (χ4n) is 4.50. The Bertz CT molecular complexity index is 1260. The number of carbonyl (C=O) groups is 2. The van der Waals surface area contributed by atoms with Crippen LogP contribution in [0.1, 0.15) is 23.6 Å². The lowest BCUT2D eigenvalue weighted by Crippen LogP contribution is -2.36. The van der Waals surface area contributed by atoms with E-state index < -0.39 is 6.09 Å². The molecule has 0 unspecified atom stereocenters. The van der Waals surface area contributed by atoms with Crippen molar-refractivity contribution in [2.24, 2.45) is 0 Å². The fraction of sp³-hybridized carbons (Fsp3) is 0.310. The summed E-state index contributed by atoms with van der Waals surface area (Å²) in [5.74, 6) is 1.29. The number of nitrogens with zero attached hydrogens (tertiary/aromatic N) is 1. The number of methoxy groups -OCH3 is 2. The molecule has 0 fully saturated rings. The summed E-state index contributed by atoms with van der Waals surface area (Å²) >= 11 is 0. The van der Waals surface area contributed by atoms with Crippen LogP contribution in [-0.2, 0) is 28.8 Å². The van der Waals surface area contributed by atoms with E-state index in [0.717, 1.165) is 47.3 Å². The number of hydrogen-bond donors (Lipinski definition) is 2. The Morgan fingerprint density at radius 3 is 2.41 bits per heavy atom. The SMILES string of the molecule is CCOC(=O)Nc1ccc2c(c1)N(C(=O)CNCCc1ccc(OC)c(OC)c1)c1ccccc1CC2. The number of anilines is 3. The van der Waals surface area contributed by atoms with E-state index in [9.17, 15) is 9.59 Å². The van der Waals surface area contributed by atoms with E-state index in [2.05, 4.69) is 16.7 Å². The Labute approximate surface area is 217 Å². The molecule has 0 atom stereocenters. The van der Waals surface area contributed by atoms with Crippen molar-refractivity contribution in [3.05, 3.63) is 77.4 Å². The first kappa shape index (κ1) is 26.0. The number of fused-ring (bicyclic) bond motifs is 2. The molecule has 8 nitrogen and oxygen atoms in total. The first-order valence-corrected chi connectivity index (χ1v) is 12.4. The molecule has 1 heterocycles. The van der Waals surface area contributed by atoms with E-state index >= 15 is 0 Å². The van der Waals surface area contributed by atoms with Crippen molar-refractivity contribution in [1.82, 2.24) is 5.32 Å². The van der Waals surface area contributed by atoms with E-state index in [4.69, 9.17) is 14.2 Å². The molecule has 0 spiro atoms. The van der Waals surface area contributed by atoms with Gasteiger partial charge in [-0.25, -0.2) is 4.79 Å². The number of aryl methyl sites for hydroxylation is 2. The Morgan fingerprint density at radius 1 is 0.892 bits per heavy atom. The number of hydrogen-bond acceptors (Lipinski definition) is 6. The number of nitrogens with one attached hydrogen (secondary N) is 2. The first-order valence-electron chi connectivity index (χ1n) is 12.4. The van der Waals surface area contributed by atoms with Crippen molar-refractivity contribution >= 4 is 29.1 Å². The van der Waals surface area contributed by atoms with Gasteiger partial charge in [-0.2, -0.15) is 0 Å². The smallest absolute Gasteiger partial charge is 0.411 e. The van der Waals surface area contributed by atoms with Crippen LogP contribution in [0.5, 0.6) is 11.5 Å². The lowest BCUT2D eigenvalue weighted by Gasteiger charge is -2.26. The summed E-state index contributed by atoms with van der Waals surface area (Å²) in [5, 5.41) is 6.04. The zero-order valence-electron chi connectivity index (χ0n) is 21.5. The van der Waals surface area contributed by atoms with E-state index in [-0.39, 0.29) is 19.1 Å². The van der Waals surface area contributed by atoms with Crippen molar-refractivity contribution in [2.75, 3.05) is 44.1 Å². The molecule has 1 aliphatic heterocycles. The van der Waals surface area contributed by atoms with Gasteiger partial charge >= 0.3 is 6.09 Å². The molecule has 4 rings (SSSR count). The highest BCUT2D eigenvalue weighted by Crippen LogP contribution is 2.37. The van der Waals surface area contributed by atoms with Gasteiger partial charge in [0.25, 0.3) is 0 Å². The average molecular weight is 504 g/mol. The third-order valence-electron chi connectivity index (χ3n) is 6.31. The van der Waals surface area contributed by atoms with E-state index in [1.165, 1.54) is 0 Å². The number of ether oxygens (including phenoxy) is 3. The summed E-state index contributed by atoms with van der Waals surface area (Å²) in [6, 6.07) is 19.4. The normalized spacial score (nSPS) is 12.1. The maximum absolute atomic E-state index is 13.6. The predicted octanol–water partition coefficient (Wildman–Crippen LogP) is 4.87. The van der Waals surface area contributed by atoms with Gasteiger partial charge in [-0.15, -0.1) is 0 Å². The van der Waals surface area contributed by atoms with Gasteiger partial charge in [-0.05, 0) is 79.8 Å². The molecule has 0 aromatic heterocycles. The third-order valence-corrected chi connectivity index (χ3v) is 6.31. The van der Waals surface area contributed by atoms with Crippen LogP contribution in [0.4, 0.5) is 21.9 Å². The maximum Gasteiger partial charge on any atom is 0.411 e. The van der Waals surface area contributed by atoms with Crippen LogP contribution in [0.15, 0.2) is 60.7 Å². The summed E-state index contributed by atoms with van der Waals surface area (Å²) in [7, 11) is 3.22. The first-order chi connectivity index (χ1) is 18.0. The lowest BCUT2D eigenvalue weighted by atomic mass is 10.0. The zero-order chi connectivity index (χ0) is 26.2. The van der Waals surface area contributed by atoms with Gasteiger partial charge in [-0.1, -0.05) is 30.3 Å². The standard InChI is InChI=1S/C29H33N3O5/c1-4-37-29(34)31-23-13-12-22-11-10-21-7-5-6-8-24(21)32(25(22)18-23)28(33)19-30-16-15-20-9-14-26(35-2)27(17-20)36-3/h5-9,12-14,17-18,30H,4,10-11,15-16,19H2,1-3H3,(H,31,34). The van der Waals surface area contributed by atoms with Crippen molar-refractivity contribution in [1.29, 1.82) is 0 Å². The summed E-state index contributed by atoms with van der Waals surface area (Å²) in [5.41, 5.74) is 5.45. The van der Waals surface area contributed by atoms with E-state index in [1.807, 2.05) is 54.6 Å². The highest BCUT2D eigenvalue weighted by molar-refractivity contribution is 6.04. The largest absolute Gasteiger partial charge is 0.493 e. The van der Waals surface area contributed by atoms with Crippen LogP contribution in [0.2, 0.25) is 0 Å². The zero-order valence-corrected chi connectivity index (χ0v) is 21.5. The lowest BCUT2D eigenvalue weighted by molar-refractivity contribution is -0.117. The second kappa shape index (κ2) is 12.3. The molecule has 37 heavy (non-hydrogen) atoms. The Balaban J connectivity index is 1.51. The molecule has 2 N–H and O–H groups in total. The van der Waals surface area contributed by atoms with E-state index in [0.29, 0.717) is 23.7 Å². The number of para-hydroxylation sites is 1. The van der Waals surface area contributed by atoms with Crippen molar-refractivity contribution in [2.45, 2.75) is 26.2 Å². The van der Waals surface area contributed by atoms with Gasteiger partial charge in [0, 0.05) is 5.69 Å². The minimum atomic E-state index is -0.522. The van der Waals surface area contributed by atoms with Crippen LogP contribution >= 0.6 is 0 Å². The van der Waals surface area contributed by atoms with Crippen molar-refractivity contribution < 1.29 is 23.8 Å². The fourth-order valence-corrected chi connectivity index (χ4v) is 4.50. The molecular weight excluding hydrogens is 470 g/mol. The molecule has 8 heteroatoms. The maximum atomic E-state index is 13.6. The molecule has 2 amide bonds. The summed E-state index contributed by atoms with van der Waals surface area (Å²) in [4.78, 5) is 27.4. The van der Waals surface area contributed by atoms with Gasteiger partial charge < -0.3 is 19.5 Å².